The number of nitrogens with zero attached hydrogens (tertiary/aromatic N) is 4. The van der Waals surface area contributed by atoms with Crippen LogP contribution in [-0.2, 0) is 11.3 Å². The Morgan fingerprint density at radius 3 is 2.90 bits per heavy atom. The lowest BCUT2D eigenvalue weighted by atomic mass is 10.1. The van der Waals surface area contributed by atoms with Crippen molar-refractivity contribution in [3.8, 4) is 10.4 Å². The normalized spacial score (nSPS) is 16.6. The van der Waals surface area contributed by atoms with Gasteiger partial charge in [0, 0.05) is 28.6 Å². The van der Waals surface area contributed by atoms with Crippen LogP contribution < -0.4 is 5.56 Å². The molecule has 1 saturated heterocycles. The molecule has 146 valence electrons. The van der Waals surface area contributed by atoms with E-state index in [0.29, 0.717) is 16.8 Å². The molecule has 1 atom stereocenters. The molecule has 4 aromatic heterocycles. The van der Waals surface area contributed by atoms with Gasteiger partial charge < -0.3 is 4.90 Å². The SMILES string of the molecule is O=C(Cn1cnc2scc(-c3cccs3)c2c1=O)N1CCCC1c1ccccn1. The Hall–Kier alpha value is -2.84. The average Bonchev–Trinajstić information content (AvgIpc) is 3.50. The Balaban J connectivity index is 1.46. The lowest BCUT2D eigenvalue weighted by Crippen LogP contribution is -2.36. The Bertz CT molecular complexity index is 1210. The maximum Gasteiger partial charge on any atom is 0.263 e. The first-order valence-corrected chi connectivity index (χ1v) is 11.2. The van der Waals surface area contributed by atoms with E-state index in [1.807, 2.05) is 46.0 Å². The molecule has 29 heavy (non-hydrogen) atoms. The lowest BCUT2D eigenvalue weighted by molar-refractivity contribution is -0.132. The minimum Gasteiger partial charge on any atom is -0.333 e. The summed E-state index contributed by atoms with van der Waals surface area (Å²) in [7, 11) is 0. The van der Waals surface area contributed by atoms with Gasteiger partial charge in [0.25, 0.3) is 5.56 Å². The summed E-state index contributed by atoms with van der Waals surface area (Å²) in [6.07, 6.45) is 5.07. The van der Waals surface area contributed by atoms with Crippen molar-refractivity contribution in [2.75, 3.05) is 6.54 Å². The summed E-state index contributed by atoms with van der Waals surface area (Å²) in [5, 5.41) is 4.55. The third-order valence-electron chi connectivity index (χ3n) is 5.26. The van der Waals surface area contributed by atoms with E-state index in [1.54, 1.807) is 17.5 Å². The van der Waals surface area contributed by atoms with Crippen molar-refractivity contribution in [3.63, 3.8) is 0 Å². The van der Waals surface area contributed by atoms with E-state index >= 15 is 0 Å². The fraction of sp³-hybridized carbons (Fsp3) is 0.238. The molecule has 1 unspecified atom stereocenters. The van der Waals surface area contributed by atoms with Gasteiger partial charge in [0.1, 0.15) is 11.4 Å². The predicted octanol–water partition coefficient (Wildman–Crippen LogP) is 3.95. The average molecular weight is 423 g/mol. The number of likely N-dealkylation sites (tertiary alicyclic amines) is 1. The predicted molar refractivity (Wildman–Crippen MR) is 115 cm³/mol. The zero-order valence-corrected chi connectivity index (χ0v) is 17.2. The maximum absolute atomic E-state index is 13.2. The van der Waals surface area contributed by atoms with Crippen molar-refractivity contribution in [2.24, 2.45) is 0 Å². The van der Waals surface area contributed by atoms with Crippen molar-refractivity contribution < 1.29 is 4.79 Å². The number of carbonyl (C=O) groups is 1. The number of aromatic nitrogens is 3. The van der Waals surface area contributed by atoms with Gasteiger partial charge in [-0.15, -0.1) is 22.7 Å². The maximum atomic E-state index is 13.2. The van der Waals surface area contributed by atoms with Crippen molar-refractivity contribution in [2.45, 2.75) is 25.4 Å². The van der Waals surface area contributed by atoms with Crippen LogP contribution in [0.3, 0.4) is 0 Å². The van der Waals surface area contributed by atoms with Gasteiger partial charge in [-0.2, -0.15) is 0 Å². The first-order valence-electron chi connectivity index (χ1n) is 9.43. The van der Waals surface area contributed by atoms with Gasteiger partial charge in [0.15, 0.2) is 0 Å². The molecular formula is C21H18N4O2S2. The molecule has 0 saturated carbocycles. The summed E-state index contributed by atoms with van der Waals surface area (Å²) in [6, 6.07) is 9.70. The summed E-state index contributed by atoms with van der Waals surface area (Å²) in [5.41, 5.74) is 1.63. The molecule has 8 heteroatoms. The summed E-state index contributed by atoms with van der Waals surface area (Å²) >= 11 is 3.05. The summed E-state index contributed by atoms with van der Waals surface area (Å²) < 4.78 is 1.43. The Labute approximate surface area is 175 Å². The van der Waals surface area contributed by atoms with Crippen LogP contribution in [0.1, 0.15) is 24.6 Å². The molecule has 1 amide bonds. The van der Waals surface area contributed by atoms with Crippen LogP contribution in [0.15, 0.2) is 58.4 Å². The molecule has 1 fully saturated rings. The molecule has 1 aliphatic rings. The number of pyridine rings is 1. The van der Waals surface area contributed by atoms with E-state index in [-0.39, 0.29) is 24.1 Å². The number of thiophene rings is 2. The third-order valence-corrected chi connectivity index (χ3v) is 7.04. The Morgan fingerprint density at radius 2 is 2.10 bits per heavy atom. The van der Waals surface area contributed by atoms with E-state index in [4.69, 9.17) is 0 Å². The molecule has 6 nitrogen and oxygen atoms in total. The molecule has 0 radical (unpaired) electrons. The van der Waals surface area contributed by atoms with E-state index in [1.165, 1.54) is 22.2 Å². The van der Waals surface area contributed by atoms with Crippen molar-refractivity contribution >= 4 is 38.8 Å². The van der Waals surface area contributed by atoms with Crippen LogP contribution in [0.4, 0.5) is 0 Å². The first kappa shape index (κ1) is 18.2. The highest BCUT2D eigenvalue weighted by Crippen LogP contribution is 2.34. The highest BCUT2D eigenvalue weighted by atomic mass is 32.1. The molecule has 5 heterocycles. The molecule has 1 aliphatic heterocycles. The highest BCUT2D eigenvalue weighted by Gasteiger charge is 2.31. The number of hydrogen-bond acceptors (Lipinski definition) is 6. The molecule has 0 aliphatic carbocycles. The smallest absolute Gasteiger partial charge is 0.263 e. The van der Waals surface area contributed by atoms with Gasteiger partial charge in [0.05, 0.1) is 23.4 Å². The van der Waals surface area contributed by atoms with Crippen molar-refractivity contribution in [1.29, 1.82) is 0 Å². The van der Waals surface area contributed by atoms with Crippen LogP contribution in [0, 0.1) is 0 Å². The highest BCUT2D eigenvalue weighted by molar-refractivity contribution is 7.18. The van der Waals surface area contributed by atoms with Gasteiger partial charge in [-0.25, -0.2) is 4.98 Å². The first-order chi connectivity index (χ1) is 14.2. The zero-order valence-electron chi connectivity index (χ0n) is 15.5. The minimum absolute atomic E-state index is 0.00909. The summed E-state index contributed by atoms with van der Waals surface area (Å²) in [5.74, 6) is -0.0747. The summed E-state index contributed by atoms with van der Waals surface area (Å²) in [4.78, 5) is 38.6. The second kappa shape index (κ2) is 7.53. The second-order valence-electron chi connectivity index (χ2n) is 6.98. The Kier molecular flexibility index (Phi) is 4.73. The van der Waals surface area contributed by atoms with Crippen molar-refractivity contribution in [3.05, 3.63) is 69.7 Å². The number of amides is 1. The number of rotatable bonds is 4. The fourth-order valence-corrected chi connectivity index (χ4v) is 5.60. The van der Waals surface area contributed by atoms with Crippen LogP contribution in [0.25, 0.3) is 20.7 Å². The quantitative estimate of drug-likeness (QED) is 0.499. The topological polar surface area (TPSA) is 68.1 Å². The van der Waals surface area contributed by atoms with Crippen LogP contribution >= 0.6 is 22.7 Å². The van der Waals surface area contributed by atoms with E-state index in [9.17, 15) is 9.59 Å². The summed E-state index contributed by atoms with van der Waals surface area (Å²) in [6.45, 7) is 0.675. The van der Waals surface area contributed by atoms with E-state index < -0.39 is 0 Å². The standard InChI is InChI=1S/C21H18N4O2S2/c26-18(25-9-3-6-16(25)15-5-1-2-8-22-15)11-24-13-23-20-19(21(24)27)14(12-29-20)17-7-4-10-28-17/h1-2,4-5,7-8,10,12-13,16H,3,6,9,11H2. The molecule has 0 bridgehead atoms. The molecular weight excluding hydrogens is 404 g/mol. The van der Waals surface area contributed by atoms with Crippen LogP contribution in [0.5, 0.6) is 0 Å². The van der Waals surface area contributed by atoms with Crippen LogP contribution in [-0.4, -0.2) is 31.9 Å². The fourth-order valence-electron chi connectivity index (χ4n) is 3.88. The molecule has 0 N–H and O–H groups in total. The van der Waals surface area contributed by atoms with Gasteiger partial charge in [0.2, 0.25) is 5.91 Å². The number of carbonyl (C=O) groups excluding carboxylic acids is 1. The Morgan fingerprint density at radius 1 is 1.17 bits per heavy atom. The monoisotopic (exact) mass is 422 g/mol. The zero-order chi connectivity index (χ0) is 19.8. The van der Waals surface area contributed by atoms with Gasteiger partial charge in [-0.3, -0.25) is 19.1 Å². The molecule has 4 aromatic rings. The van der Waals surface area contributed by atoms with E-state index in [0.717, 1.165) is 29.0 Å². The lowest BCUT2D eigenvalue weighted by Gasteiger charge is -2.24. The van der Waals surface area contributed by atoms with Crippen molar-refractivity contribution in [1.82, 2.24) is 19.4 Å². The van der Waals surface area contributed by atoms with Gasteiger partial charge >= 0.3 is 0 Å². The third kappa shape index (κ3) is 3.28. The van der Waals surface area contributed by atoms with Crippen LogP contribution in [0.2, 0.25) is 0 Å². The van der Waals surface area contributed by atoms with E-state index in [2.05, 4.69) is 9.97 Å². The molecule has 5 rings (SSSR count). The minimum atomic E-state index is -0.165. The number of hydrogen-bond donors (Lipinski definition) is 0. The second-order valence-corrected chi connectivity index (χ2v) is 8.79. The van der Waals surface area contributed by atoms with Gasteiger partial charge in [-0.05, 0) is 36.4 Å². The molecule has 0 aromatic carbocycles. The number of fused-ring (bicyclic) bond motifs is 1. The largest absolute Gasteiger partial charge is 0.333 e. The molecule has 0 spiro atoms. The van der Waals surface area contributed by atoms with Gasteiger partial charge in [-0.1, -0.05) is 12.1 Å².